The highest BCUT2D eigenvalue weighted by atomic mass is 19.4. The summed E-state index contributed by atoms with van der Waals surface area (Å²) in [5, 5.41) is 12.3. The molecule has 0 aliphatic rings. The fourth-order valence-electron chi connectivity index (χ4n) is 1.91. The van der Waals surface area contributed by atoms with Gasteiger partial charge in [0.2, 0.25) is 0 Å². The lowest BCUT2D eigenvalue weighted by atomic mass is 10.0. The van der Waals surface area contributed by atoms with Crippen LogP contribution in [0.3, 0.4) is 0 Å². The molecule has 120 valence electrons. The molecule has 0 bridgehead atoms. The summed E-state index contributed by atoms with van der Waals surface area (Å²) >= 11 is 0. The second-order valence-electron chi connectivity index (χ2n) is 4.99. The summed E-state index contributed by atoms with van der Waals surface area (Å²) in [6.07, 6.45) is -4.75. The molecular weight excluding hydrogens is 285 g/mol. The van der Waals surface area contributed by atoms with E-state index in [2.05, 4.69) is 10.1 Å². The Labute approximate surface area is 122 Å². The van der Waals surface area contributed by atoms with Gasteiger partial charge in [-0.05, 0) is 18.9 Å². The molecule has 4 N–H and O–H groups in total. The third kappa shape index (κ3) is 5.53. The Hall–Kier alpha value is -1.31. The fourth-order valence-corrected chi connectivity index (χ4v) is 1.91. The molecule has 21 heavy (non-hydrogen) atoms. The fraction of sp³-hybridized carbons (Fsp3) is 0.571. The second-order valence-corrected chi connectivity index (χ2v) is 4.99. The molecule has 0 aliphatic heterocycles. The summed E-state index contributed by atoms with van der Waals surface area (Å²) in [6, 6.07) is 5.30. The predicted octanol–water partition coefficient (Wildman–Crippen LogP) is 2.19. The van der Waals surface area contributed by atoms with Crippen molar-refractivity contribution < 1.29 is 23.0 Å². The zero-order valence-electron chi connectivity index (χ0n) is 12.0. The van der Waals surface area contributed by atoms with Crippen molar-refractivity contribution in [2.45, 2.75) is 32.3 Å². The van der Waals surface area contributed by atoms with E-state index < -0.39 is 12.4 Å². The standard InChI is InChI=1S/C14H21F3N2O2/c1-9(8-20)10(2)19-12(7-18)11-5-3-4-6-13(11)21-14(15,16)17/h3-6,9-10,12,19-20H,7-8,18H2,1-2H3. The summed E-state index contributed by atoms with van der Waals surface area (Å²) in [5.74, 6) is -0.313. The van der Waals surface area contributed by atoms with Gasteiger partial charge in [-0.25, -0.2) is 0 Å². The van der Waals surface area contributed by atoms with E-state index in [0.717, 1.165) is 0 Å². The van der Waals surface area contributed by atoms with Gasteiger partial charge in [-0.2, -0.15) is 0 Å². The van der Waals surface area contributed by atoms with Crippen LogP contribution in [-0.4, -0.2) is 30.7 Å². The maximum Gasteiger partial charge on any atom is 0.573 e. The number of aliphatic hydroxyl groups excluding tert-OH is 1. The first-order valence-electron chi connectivity index (χ1n) is 6.70. The van der Waals surface area contributed by atoms with Crippen LogP contribution in [0.4, 0.5) is 13.2 Å². The maximum absolute atomic E-state index is 12.4. The number of benzene rings is 1. The Kier molecular flexibility index (Phi) is 6.44. The van der Waals surface area contributed by atoms with E-state index in [-0.39, 0.29) is 30.9 Å². The van der Waals surface area contributed by atoms with Gasteiger partial charge in [-0.3, -0.25) is 0 Å². The molecule has 7 heteroatoms. The molecule has 0 saturated carbocycles. The molecule has 3 atom stereocenters. The van der Waals surface area contributed by atoms with Crippen LogP contribution in [0, 0.1) is 5.92 Å². The van der Waals surface area contributed by atoms with E-state index in [0.29, 0.717) is 5.56 Å². The van der Waals surface area contributed by atoms with Gasteiger partial charge < -0.3 is 20.9 Å². The molecule has 4 nitrogen and oxygen atoms in total. The SMILES string of the molecule is CC(CO)C(C)NC(CN)c1ccccc1OC(F)(F)F. The van der Waals surface area contributed by atoms with Crippen molar-refractivity contribution in [3.05, 3.63) is 29.8 Å². The van der Waals surface area contributed by atoms with Crippen molar-refractivity contribution in [1.82, 2.24) is 5.32 Å². The third-order valence-corrected chi connectivity index (χ3v) is 3.36. The van der Waals surface area contributed by atoms with Crippen molar-refractivity contribution in [3.63, 3.8) is 0 Å². The molecule has 3 unspecified atom stereocenters. The highest BCUT2D eigenvalue weighted by Crippen LogP contribution is 2.30. The van der Waals surface area contributed by atoms with Crippen molar-refractivity contribution in [2.75, 3.05) is 13.2 Å². The molecule has 0 aromatic heterocycles. The molecule has 0 spiro atoms. The normalized spacial score (nSPS) is 16.3. The van der Waals surface area contributed by atoms with Crippen LogP contribution in [-0.2, 0) is 0 Å². The molecule has 0 amide bonds. The molecule has 0 fully saturated rings. The Bertz CT molecular complexity index is 440. The average Bonchev–Trinajstić information content (AvgIpc) is 2.42. The van der Waals surface area contributed by atoms with Crippen molar-refractivity contribution in [3.8, 4) is 5.75 Å². The number of hydrogen-bond donors (Lipinski definition) is 3. The first-order valence-corrected chi connectivity index (χ1v) is 6.70. The van der Waals surface area contributed by atoms with Gasteiger partial charge in [0.15, 0.2) is 0 Å². The second kappa shape index (κ2) is 7.63. The monoisotopic (exact) mass is 306 g/mol. The highest BCUT2D eigenvalue weighted by Gasteiger charge is 2.33. The summed E-state index contributed by atoms with van der Waals surface area (Å²) in [5.41, 5.74) is 6.01. The van der Waals surface area contributed by atoms with Crippen LogP contribution < -0.4 is 15.8 Å². The molecule has 0 radical (unpaired) electrons. The lowest BCUT2D eigenvalue weighted by molar-refractivity contribution is -0.275. The van der Waals surface area contributed by atoms with Gasteiger partial charge >= 0.3 is 6.36 Å². The minimum Gasteiger partial charge on any atom is -0.405 e. The third-order valence-electron chi connectivity index (χ3n) is 3.36. The van der Waals surface area contributed by atoms with Crippen molar-refractivity contribution in [2.24, 2.45) is 11.7 Å². The Morgan fingerprint density at radius 3 is 2.43 bits per heavy atom. The number of nitrogens with two attached hydrogens (primary N) is 1. The number of nitrogens with one attached hydrogen (secondary N) is 1. The molecule has 0 heterocycles. The molecule has 1 aromatic rings. The number of hydrogen-bond acceptors (Lipinski definition) is 4. The van der Waals surface area contributed by atoms with Crippen LogP contribution >= 0.6 is 0 Å². The minimum atomic E-state index is -4.75. The van der Waals surface area contributed by atoms with Gasteiger partial charge in [0.1, 0.15) is 5.75 Å². The number of ether oxygens (including phenoxy) is 1. The van der Waals surface area contributed by atoms with Gasteiger partial charge in [-0.1, -0.05) is 25.1 Å². The van der Waals surface area contributed by atoms with E-state index in [4.69, 9.17) is 10.8 Å². The first-order chi connectivity index (χ1) is 9.78. The molecule has 0 saturated heterocycles. The predicted molar refractivity (Wildman–Crippen MR) is 73.8 cm³/mol. The number of para-hydroxylation sites is 1. The number of aliphatic hydroxyl groups is 1. The summed E-state index contributed by atoms with van der Waals surface area (Å²) in [7, 11) is 0. The Morgan fingerprint density at radius 1 is 1.29 bits per heavy atom. The quantitative estimate of drug-likeness (QED) is 0.722. The minimum absolute atomic E-state index is 0.0217. The maximum atomic E-state index is 12.4. The lowest BCUT2D eigenvalue weighted by Crippen LogP contribution is -2.40. The van der Waals surface area contributed by atoms with Gasteiger partial charge in [-0.15, -0.1) is 13.2 Å². The van der Waals surface area contributed by atoms with E-state index in [9.17, 15) is 13.2 Å². The molecule has 0 aliphatic carbocycles. The largest absolute Gasteiger partial charge is 0.573 e. The number of rotatable bonds is 7. The van der Waals surface area contributed by atoms with E-state index in [1.54, 1.807) is 12.1 Å². The average molecular weight is 306 g/mol. The zero-order valence-corrected chi connectivity index (χ0v) is 12.0. The lowest BCUT2D eigenvalue weighted by Gasteiger charge is -2.27. The smallest absolute Gasteiger partial charge is 0.405 e. The molecule has 1 aromatic carbocycles. The van der Waals surface area contributed by atoms with E-state index in [1.165, 1.54) is 12.1 Å². The van der Waals surface area contributed by atoms with Crippen LogP contribution in [0.2, 0.25) is 0 Å². The topological polar surface area (TPSA) is 67.5 Å². The number of halogens is 3. The van der Waals surface area contributed by atoms with Crippen LogP contribution in [0.5, 0.6) is 5.75 Å². The van der Waals surface area contributed by atoms with Crippen molar-refractivity contribution in [1.29, 1.82) is 0 Å². The summed E-state index contributed by atoms with van der Waals surface area (Å²) in [6.45, 7) is 3.77. The van der Waals surface area contributed by atoms with Gasteiger partial charge in [0, 0.05) is 30.8 Å². The highest BCUT2D eigenvalue weighted by molar-refractivity contribution is 5.36. The van der Waals surface area contributed by atoms with Gasteiger partial charge in [0.25, 0.3) is 0 Å². The van der Waals surface area contributed by atoms with Crippen molar-refractivity contribution >= 4 is 0 Å². The van der Waals surface area contributed by atoms with E-state index >= 15 is 0 Å². The van der Waals surface area contributed by atoms with Crippen LogP contribution in [0.15, 0.2) is 24.3 Å². The van der Waals surface area contributed by atoms with Crippen LogP contribution in [0.1, 0.15) is 25.5 Å². The summed E-state index contributed by atoms with van der Waals surface area (Å²) < 4.78 is 41.3. The molecule has 1 rings (SSSR count). The molecular formula is C14H21F3N2O2. The Balaban J connectivity index is 2.95. The van der Waals surface area contributed by atoms with Gasteiger partial charge in [0.05, 0.1) is 0 Å². The number of alkyl halides is 3. The Morgan fingerprint density at radius 2 is 1.90 bits per heavy atom. The van der Waals surface area contributed by atoms with Crippen LogP contribution in [0.25, 0.3) is 0 Å². The first kappa shape index (κ1) is 17.7. The summed E-state index contributed by atoms with van der Waals surface area (Å²) in [4.78, 5) is 0. The van der Waals surface area contributed by atoms with E-state index in [1.807, 2.05) is 13.8 Å². The zero-order chi connectivity index (χ0) is 16.0.